The van der Waals surface area contributed by atoms with Crippen molar-refractivity contribution in [2.45, 2.75) is 39.7 Å². The van der Waals surface area contributed by atoms with E-state index in [9.17, 15) is 0 Å². The predicted molar refractivity (Wildman–Crippen MR) is 89.2 cm³/mol. The van der Waals surface area contributed by atoms with Gasteiger partial charge in [-0.3, -0.25) is 0 Å². The molecule has 0 fully saturated rings. The van der Waals surface area contributed by atoms with Crippen molar-refractivity contribution >= 4 is 0 Å². The highest BCUT2D eigenvalue weighted by Crippen LogP contribution is 2.35. The third kappa shape index (κ3) is 3.85. The van der Waals surface area contributed by atoms with E-state index < -0.39 is 0 Å². The number of hydrogen-bond donors (Lipinski definition) is 1. The Morgan fingerprint density at radius 2 is 1.71 bits per heavy atom. The van der Waals surface area contributed by atoms with E-state index in [-0.39, 0.29) is 5.41 Å². The highest BCUT2D eigenvalue weighted by Gasteiger charge is 2.19. The lowest BCUT2D eigenvalue weighted by Crippen LogP contribution is -2.13. The fourth-order valence-electron chi connectivity index (χ4n) is 2.39. The molecule has 0 bridgehead atoms. The van der Waals surface area contributed by atoms with Gasteiger partial charge in [0.25, 0.3) is 0 Å². The van der Waals surface area contributed by atoms with E-state index in [2.05, 4.69) is 57.3 Å². The minimum atomic E-state index is 0.0565. The lowest BCUT2D eigenvalue weighted by molar-refractivity contribution is 0.449. The molecule has 2 heteroatoms. The molecule has 0 saturated heterocycles. The topological polar surface area (TPSA) is 21.3 Å². The second-order valence-corrected chi connectivity index (χ2v) is 6.49. The largest absolute Gasteiger partial charge is 0.457 e. The fourth-order valence-corrected chi connectivity index (χ4v) is 2.39. The van der Waals surface area contributed by atoms with Crippen molar-refractivity contribution in [3.8, 4) is 11.5 Å². The molecule has 0 unspecified atom stereocenters. The Balaban J connectivity index is 2.42. The lowest BCUT2D eigenvalue weighted by atomic mass is 9.86. The molecular formula is C19H25NO. The molecule has 1 N–H and O–H groups in total. The van der Waals surface area contributed by atoms with Gasteiger partial charge in [-0.1, -0.05) is 51.1 Å². The average Bonchev–Trinajstić information content (AvgIpc) is 2.40. The summed E-state index contributed by atoms with van der Waals surface area (Å²) >= 11 is 0. The monoisotopic (exact) mass is 283 g/mol. The number of nitrogens with one attached hydrogen (secondary N) is 1. The molecule has 0 heterocycles. The van der Waals surface area contributed by atoms with Crippen LogP contribution in [0.1, 0.15) is 37.5 Å². The lowest BCUT2D eigenvalue weighted by Gasteiger charge is -2.23. The minimum absolute atomic E-state index is 0.0565. The number of rotatable bonds is 4. The van der Waals surface area contributed by atoms with Gasteiger partial charge >= 0.3 is 0 Å². The van der Waals surface area contributed by atoms with E-state index in [1.54, 1.807) is 0 Å². The molecule has 0 aliphatic carbocycles. The van der Waals surface area contributed by atoms with Crippen molar-refractivity contribution < 1.29 is 4.74 Å². The average molecular weight is 283 g/mol. The van der Waals surface area contributed by atoms with E-state index in [0.29, 0.717) is 0 Å². The van der Waals surface area contributed by atoms with Crippen LogP contribution in [0.2, 0.25) is 0 Å². The van der Waals surface area contributed by atoms with Gasteiger partial charge in [-0.05, 0) is 37.1 Å². The summed E-state index contributed by atoms with van der Waals surface area (Å²) in [6.07, 6.45) is 0. The van der Waals surface area contributed by atoms with Gasteiger partial charge in [0, 0.05) is 17.7 Å². The zero-order valence-electron chi connectivity index (χ0n) is 13.7. The van der Waals surface area contributed by atoms with Gasteiger partial charge < -0.3 is 10.1 Å². The Bertz CT molecular complexity index is 611. The zero-order chi connectivity index (χ0) is 15.5. The van der Waals surface area contributed by atoms with Gasteiger partial charge in [0.1, 0.15) is 11.5 Å². The first-order valence-electron chi connectivity index (χ1n) is 7.43. The highest BCUT2D eigenvalue weighted by atomic mass is 16.5. The number of ether oxygens (including phenoxy) is 1. The zero-order valence-corrected chi connectivity index (χ0v) is 13.7. The smallest absolute Gasteiger partial charge is 0.131 e. The van der Waals surface area contributed by atoms with Gasteiger partial charge in [0.2, 0.25) is 0 Å². The fraction of sp³-hybridized carbons (Fsp3) is 0.368. The summed E-state index contributed by atoms with van der Waals surface area (Å²) in [7, 11) is 1.95. The summed E-state index contributed by atoms with van der Waals surface area (Å²) in [5.74, 6) is 1.87. The normalized spacial score (nSPS) is 11.5. The Kier molecular flexibility index (Phi) is 4.69. The van der Waals surface area contributed by atoms with Crippen molar-refractivity contribution in [2.75, 3.05) is 7.05 Å². The molecular weight excluding hydrogens is 258 g/mol. The first-order valence-corrected chi connectivity index (χ1v) is 7.43. The van der Waals surface area contributed by atoms with Crippen molar-refractivity contribution in [1.82, 2.24) is 5.32 Å². The maximum atomic E-state index is 6.26. The van der Waals surface area contributed by atoms with Crippen LogP contribution in [0, 0.1) is 6.92 Å². The molecule has 2 rings (SSSR count). The molecule has 2 aromatic carbocycles. The molecule has 2 nitrogen and oxygen atoms in total. The van der Waals surface area contributed by atoms with Gasteiger partial charge in [0.05, 0.1) is 0 Å². The van der Waals surface area contributed by atoms with Crippen molar-refractivity contribution in [2.24, 2.45) is 0 Å². The molecule has 0 aliphatic rings. The quantitative estimate of drug-likeness (QED) is 0.870. The third-order valence-electron chi connectivity index (χ3n) is 3.50. The van der Waals surface area contributed by atoms with Gasteiger partial charge in [-0.15, -0.1) is 0 Å². The van der Waals surface area contributed by atoms with E-state index in [1.165, 1.54) is 16.7 Å². The molecule has 21 heavy (non-hydrogen) atoms. The highest BCUT2D eigenvalue weighted by molar-refractivity contribution is 5.45. The standard InChI is InChI=1S/C19H25NO/c1-14-10-11-16(19(2,3)4)18(12-14)21-17-9-7-6-8-15(17)13-20-5/h6-12,20H,13H2,1-5H3. The van der Waals surface area contributed by atoms with Crippen LogP contribution in [0.15, 0.2) is 42.5 Å². The van der Waals surface area contributed by atoms with Crippen LogP contribution in [0.3, 0.4) is 0 Å². The van der Waals surface area contributed by atoms with Crippen molar-refractivity contribution in [1.29, 1.82) is 0 Å². The molecule has 0 spiro atoms. The minimum Gasteiger partial charge on any atom is -0.457 e. The van der Waals surface area contributed by atoms with Gasteiger partial charge in [-0.2, -0.15) is 0 Å². The second-order valence-electron chi connectivity index (χ2n) is 6.49. The summed E-state index contributed by atoms with van der Waals surface area (Å²) < 4.78 is 6.26. The van der Waals surface area contributed by atoms with E-state index >= 15 is 0 Å². The molecule has 2 aromatic rings. The molecule has 0 atom stereocenters. The molecule has 112 valence electrons. The number of para-hydroxylation sites is 1. The van der Waals surface area contributed by atoms with Crippen LogP contribution in [0.4, 0.5) is 0 Å². The van der Waals surface area contributed by atoms with Crippen LogP contribution in [0.5, 0.6) is 11.5 Å². The van der Waals surface area contributed by atoms with Crippen molar-refractivity contribution in [3.05, 3.63) is 59.2 Å². The molecule has 0 amide bonds. The SMILES string of the molecule is CNCc1ccccc1Oc1cc(C)ccc1C(C)(C)C. The van der Waals surface area contributed by atoms with E-state index in [0.717, 1.165) is 18.0 Å². The summed E-state index contributed by atoms with van der Waals surface area (Å²) in [6.45, 7) is 9.53. The maximum absolute atomic E-state index is 6.26. The first kappa shape index (κ1) is 15.6. The van der Waals surface area contributed by atoms with Crippen LogP contribution in [-0.2, 0) is 12.0 Å². The maximum Gasteiger partial charge on any atom is 0.131 e. The van der Waals surface area contributed by atoms with Gasteiger partial charge in [-0.25, -0.2) is 0 Å². The van der Waals surface area contributed by atoms with Crippen LogP contribution >= 0.6 is 0 Å². The summed E-state index contributed by atoms with van der Waals surface area (Å²) in [5, 5.41) is 3.19. The summed E-state index contributed by atoms with van der Waals surface area (Å²) in [6, 6.07) is 14.6. The Hall–Kier alpha value is -1.80. The third-order valence-corrected chi connectivity index (χ3v) is 3.50. The number of hydrogen-bond acceptors (Lipinski definition) is 2. The second kappa shape index (κ2) is 6.31. The van der Waals surface area contributed by atoms with E-state index in [1.807, 2.05) is 25.2 Å². The summed E-state index contributed by atoms with van der Waals surface area (Å²) in [5.41, 5.74) is 3.67. The predicted octanol–water partition coefficient (Wildman–Crippen LogP) is 4.80. The van der Waals surface area contributed by atoms with Crippen LogP contribution < -0.4 is 10.1 Å². The Labute approximate surface area is 128 Å². The van der Waals surface area contributed by atoms with Gasteiger partial charge in [0.15, 0.2) is 0 Å². The van der Waals surface area contributed by atoms with Crippen LogP contribution in [0.25, 0.3) is 0 Å². The van der Waals surface area contributed by atoms with Crippen molar-refractivity contribution in [3.63, 3.8) is 0 Å². The number of aryl methyl sites for hydroxylation is 1. The first-order chi connectivity index (χ1) is 9.91. The Morgan fingerprint density at radius 1 is 1.00 bits per heavy atom. The number of benzene rings is 2. The molecule has 0 aliphatic heterocycles. The molecule has 0 saturated carbocycles. The molecule has 0 radical (unpaired) electrons. The van der Waals surface area contributed by atoms with E-state index in [4.69, 9.17) is 4.74 Å². The Morgan fingerprint density at radius 3 is 2.38 bits per heavy atom. The molecule has 0 aromatic heterocycles. The summed E-state index contributed by atoms with van der Waals surface area (Å²) in [4.78, 5) is 0. The van der Waals surface area contributed by atoms with Crippen LogP contribution in [-0.4, -0.2) is 7.05 Å².